The second kappa shape index (κ2) is 8.82. The highest BCUT2D eigenvalue weighted by atomic mass is 32.1. The maximum Gasteiger partial charge on any atom is 0.187 e. The summed E-state index contributed by atoms with van der Waals surface area (Å²) in [6, 6.07) is 0. The Morgan fingerprint density at radius 1 is 0.750 bits per heavy atom. The molecule has 9 nitrogen and oxygen atoms in total. The van der Waals surface area contributed by atoms with Gasteiger partial charge < -0.3 is 44.5 Å². The van der Waals surface area contributed by atoms with Gasteiger partial charge in [-0.3, -0.25) is 0 Å². The van der Waals surface area contributed by atoms with Crippen molar-refractivity contribution in [3.63, 3.8) is 0 Å². The van der Waals surface area contributed by atoms with E-state index in [1.54, 1.807) is 0 Å². The molecule has 0 amide bonds. The summed E-state index contributed by atoms with van der Waals surface area (Å²) in [6.07, 6.45) is -12.3. The average molecular weight is 388 g/mol. The smallest absolute Gasteiger partial charge is 0.187 e. The normalized spacial score (nSPS) is 50.0. The van der Waals surface area contributed by atoms with Gasteiger partial charge in [-0.25, -0.2) is 0 Å². The molecule has 10 atom stereocenters. The number of aliphatic hydroxyl groups excluding tert-OH is 5. The van der Waals surface area contributed by atoms with Gasteiger partial charge in [0.05, 0.1) is 12.2 Å². The molecule has 0 bridgehead atoms. The Bertz CT molecular complexity index is 400. The van der Waals surface area contributed by atoms with E-state index in [9.17, 15) is 25.5 Å². The molecule has 142 valence electrons. The first-order valence-corrected chi connectivity index (χ1v) is 8.73. The zero-order valence-corrected chi connectivity index (χ0v) is 14.7. The number of ether oxygens (including phenoxy) is 4. The van der Waals surface area contributed by atoms with Crippen LogP contribution in [-0.4, -0.2) is 106 Å². The van der Waals surface area contributed by atoms with E-state index in [0.717, 1.165) is 0 Å². The van der Waals surface area contributed by atoms with Gasteiger partial charge in [0.1, 0.15) is 36.6 Å². The van der Waals surface area contributed by atoms with Crippen molar-refractivity contribution in [1.29, 1.82) is 0 Å². The number of rotatable bonds is 5. The van der Waals surface area contributed by atoms with Crippen LogP contribution in [0.4, 0.5) is 0 Å². The van der Waals surface area contributed by atoms with Crippen molar-refractivity contribution in [2.45, 2.75) is 61.4 Å². The summed E-state index contributed by atoms with van der Waals surface area (Å²) < 4.78 is 21.4. The van der Waals surface area contributed by atoms with Crippen LogP contribution >= 0.6 is 25.3 Å². The van der Waals surface area contributed by atoms with E-state index in [-0.39, 0.29) is 11.5 Å². The second-order valence-electron chi connectivity index (χ2n) is 5.74. The highest BCUT2D eigenvalue weighted by molar-refractivity contribution is 7.80. The largest absolute Gasteiger partial charge is 0.388 e. The van der Waals surface area contributed by atoms with E-state index in [4.69, 9.17) is 18.9 Å². The molecule has 0 aromatic heterocycles. The van der Waals surface area contributed by atoms with Crippen LogP contribution in [0.2, 0.25) is 0 Å². The first-order valence-electron chi connectivity index (χ1n) is 7.46. The average Bonchev–Trinajstić information content (AvgIpc) is 2.59. The van der Waals surface area contributed by atoms with Gasteiger partial charge in [-0.05, 0) is 0 Å². The van der Waals surface area contributed by atoms with Crippen LogP contribution in [0.1, 0.15) is 0 Å². The Balaban J connectivity index is 2.12. The molecule has 0 radical (unpaired) electrons. The minimum Gasteiger partial charge on any atom is -0.388 e. The van der Waals surface area contributed by atoms with E-state index in [1.807, 2.05) is 0 Å². The molecule has 0 aromatic carbocycles. The lowest BCUT2D eigenvalue weighted by molar-refractivity contribution is -0.349. The molecule has 0 saturated carbocycles. The molecule has 0 aromatic rings. The molecule has 2 heterocycles. The summed E-state index contributed by atoms with van der Waals surface area (Å²) in [6.45, 7) is 0. The molecule has 2 fully saturated rings. The highest BCUT2D eigenvalue weighted by Gasteiger charge is 2.50. The third-order valence-electron chi connectivity index (χ3n) is 4.19. The molecule has 11 heteroatoms. The SMILES string of the molecule is CO[C@@H]1OC(CS)[C@@H](O[C@@H]2OC(CS)[C@@H](O)C(O)C2O)C(O)C1O. The molecule has 6 unspecified atom stereocenters. The maximum atomic E-state index is 10.3. The Morgan fingerprint density at radius 2 is 1.29 bits per heavy atom. The van der Waals surface area contributed by atoms with Crippen LogP contribution in [0.15, 0.2) is 0 Å². The lowest BCUT2D eigenvalue weighted by atomic mass is 9.97. The molecule has 0 spiro atoms. The summed E-state index contributed by atoms with van der Waals surface area (Å²) in [5.74, 6) is 0.219. The maximum absolute atomic E-state index is 10.3. The molecule has 2 aliphatic heterocycles. The van der Waals surface area contributed by atoms with Gasteiger partial charge in [-0.1, -0.05) is 0 Å². The lowest BCUT2D eigenvalue weighted by Crippen LogP contribution is -2.64. The zero-order chi connectivity index (χ0) is 18.0. The second-order valence-corrected chi connectivity index (χ2v) is 6.47. The minimum absolute atomic E-state index is 0.0822. The summed E-state index contributed by atoms with van der Waals surface area (Å²) in [5, 5.41) is 50.0. The van der Waals surface area contributed by atoms with E-state index in [0.29, 0.717) is 0 Å². The van der Waals surface area contributed by atoms with E-state index >= 15 is 0 Å². The predicted molar refractivity (Wildman–Crippen MR) is 86.9 cm³/mol. The summed E-state index contributed by atoms with van der Waals surface area (Å²) in [7, 11) is 1.32. The third kappa shape index (κ3) is 4.01. The standard InChI is InChI=1S/C13H24O9S2/c1-19-12-10(18)8(16)11(5(3-24)21-12)22-13-9(17)7(15)6(14)4(2-23)20-13/h4-18,23-24H,2-3H2,1H3/t4?,5?,6-,7?,8?,9?,10?,11-,12-,13+/m1/s1. The molecule has 2 saturated heterocycles. The van der Waals surface area contributed by atoms with Crippen molar-refractivity contribution in [1.82, 2.24) is 0 Å². The van der Waals surface area contributed by atoms with Crippen LogP contribution in [0.5, 0.6) is 0 Å². The number of thiol groups is 2. The van der Waals surface area contributed by atoms with Gasteiger partial charge in [-0.2, -0.15) is 25.3 Å². The van der Waals surface area contributed by atoms with E-state index in [1.165, 1.54) is 7.11 Å². The molecular weight excluding hydrogens is 364 g/mol. The Labute approximate surface area is 150 Å². The van der Waals surface area contributed by atoms with Crippen molar-refractivity contribution < 1.29 is 44.5 Å². The summed E-state index contributed by atoms with van der Waals surface area (Å²) in [4.78, 5) is 0. The van der Waals surface area contributed by atoms with Crippen molar-refractivity contribution in [3.8, 4) is 0 Å². The van der Waals surface area contributed by atoms with Gasteiger partial charge in [-0.15, -0.1) is 0 Å². The van der Waals surface area contributed by atoms with Crippen molar-refractivity contribution >= 4 is 25.3 Å². The van der Waals surface area contributed by atoms with Gasteiger partial charge in [0, 0.05) is 18.6 Å². The van der Waals surface area contributed by atoms with Crippen molar-refractivity contribution in [2.24, 2.45) is 0 Å². The fraction of sp³-hybridized carbons (Fsp3) is 1.00. The van der Waals surface area contributed by atoms with Crippen molar-refractivity contribution in [3.05, 3.63) is 0 Å². The molecule has 0 aliphatic carbocycles. The quantitative estimate of drug-likeness (QED) is 0.248. The molecule has 2 aliphatic rings. The topological polar surface area (TPSA) is 138 Å². The minimum atomic E-state index is -1.55. The Morgan fingerprint density at radius 3 is 1.83 bits per heavy atom. The predicted octanol–water partition coefficient (Wildman–Crippen LogP) is -2.87. The Hall–Kier alpha value is 0.340. The molecule has 5 N–H and O–H groups in total. The van der Waals surface area contributed by atoms with Crippen LogP contribution in [0.3, 0.4) is 0 Å². The monoisotopic (exact) mass is 388 g/mol. The van der Waals surface area contributed by atoms with Gasteiger partial charge >= 0.3 is 0 Å². The first kappa shape index (κ1) is 20.6. The van der Waals surface area contributed by atoms with Crippen LogP contribution < -0.4 is 0 Å². The Kier molecular flexibility index (Phi) is 7.59. The first-order chi connectivity index (χ1) is 11.3. The summed E-state index contributed by atoms with van der Waals surface area (Å²) in [5.41, 5.74) is 0. The van der Waals surface area contributed by atoms with E-state index in [2.05, 4.69) is 25.3 Å². The van der Waals surface area contributed by atoms with Gasteiger partial charge in [0.15, 0.2) is 12.6 Å². The van der Waals surface area contributed by atoms with Gasteiger partial charge in [0.2, 0.25) is 0 Å². The fourth-order valence-corrected chi connectivity index (χ4v) is 3.35. The van der Waals surface area contributed by atoms with Crippen LogP contribution in [-0.2, 0) is 18.9 Å². The molecular formula is C13H24O9S2. The molecule has 2 rings (SSSR count). The summed E-state index contributed by atoms with van der Waals surface area (Å²) >= 11 is 8.14. The fourth-order valence-electron chi connectivity index (χ4n) is 2.75. The third-order valence-corrected chi connectivity index (χ3v) is 4.91. The zero-order valence-electron chi connectivity index (χ0n) is 13.0. The highest BCUT2D eigenvalue weighted by Crippen LogP contribution is 2.29. The van der Waals surface area contributed by atoms with E-state index < -0.39 is 61.4 Å². The molecule has 24 heavy (non-hydrogen) atoms. The number of aliphatic hydroxyl groups is 5. The van der Waals surface area contributed by atoms with Crippen molar-refractivity contribution in [2.75, 3.05) is 18.6 Å². The van der Waals surface area contributed by atoms with Gasteiger partial charge in [0.25, 0.3) is 0 Å². The number of hydrogen-bond acceptors (Lipinski definition) is 11. The number of hydrogen-bond donors (Lipinski definition) is 7. The van der Waals surface area contributed by atoms with Crippen LogP contribution in [0.25, 0.3) is 0 Å². The number of methoxy groups -OCH3 is 1. The van der Waals surface area contributed by atoms with Crippen LogP contribution in [0, 0.1) is 0 Å². The lowest BCUT2D eigenvalue weighted by Gasteiger charge is -2.46.